The van der Waals surface area contributed by atoms with Gasteiger partial charge < -0.3 is 4.74 Å². The van der Waals surface area contributed by atoms with E-state index in [1.54, 1.807) is 28.9 Å². The zero-order valence-corrected chi connectivity index (χ0v) is 16.6. The molecule has 0 aliphatic carbocycles. The first-order chi connectivity index (χ1) is 13.6. The van der Waals surface area contributed by atoms with Crippen molar-refractivity contribution in [1.82, 2.24) is 15.0 Å². The van der Waals surface area contributed by atoms with Crippen molar-refractivity contribution in [2.75, 3.05) is 0 Å². The van der Waals surface area contributed by atoms with Gasteiger partial charge in [-0.3, -0.25) is 0 Å². The largest absolute Gasteiger partial charge is 0.422 e. The predicted octanol–water partition coefficient (Wildman–Crippen LogP) is 5.22. The molecule has 4 aromatic rings. The average molecular weight is 434 g/mol. The maximum atomic E-state index is 12.5. The molecule has 0 atom stereocenters. The van der Waals surface area contributed by atoms with Crippen molar-refractivity contribution in [1.29, 1.82) is 0 Å². The minimum Gasteiger partial charge on any atom is -0.422 e. The lowest BCUT2D eigenvalue weighted by Crippen LogP contribution is -2.09. The highest BCUT2D eigenvalue weighted by molar-refractivity contribution is 9.10. The predicted molar refractivity (Wildman–Crippen MR) is 111 cm³/mol. The minimum absolute atomic E-state index is 0.410. The molecule has 0 bridgehead atoms. The number of ether oxygens (including phenoxy) is 1. The first-order valence-corrected chi connectivity index (χ1v) is 9.46. The van der Waals surface area contributed by atoms with Crippen molar-refractivity contribution in [2.24, 2.45) is 0 Å². The molecule has 4 rings (SSSR count). The molecule has 28 heavy (non-hydrogen) atoms. The summed E-state index contributed by atoms with van der Waals surface area (Å²) in [5, 5.41) is 8.48. The normalized spacial score (nSPS) is 10.6. The molecule has 1 heterocycles. The second-order valence-electron chi connectivity index (χ2n) is 6.28. The quantitative estimate of drug-likeness (QED) is 0.326. The SMILES string of the molecule is Cc1ccc(-c2cn(-c3cccc(Br)c3)nn2)c(OC(=O)c2ccccc2)c1. The number of aromatic nitrogens is 3. The lowest BCUT2D eigenvalue weighted by Gasteiger charge is -2.09. The Hall–Kier alpha value is -3.25. The highest BCUT2D eigenvalue weighted by Gasteiger charge is 2.15. The van der Waals surface area contributed by atoms with Gasteiger partial charge in [0.25, 0.3) is 0 Å². The van der Waals surface area contributed by atoms with Crippen molar-refractivity contribution in [2.45, 2.75) is 6.92 Å². The summed E-state index contributed by atoms with van der Waals surface area (Å²) in [6.45, 7) is 1.95. The Morgan fingerprint density at radius 1 is 1.00 bits per heavy atom. The van der Waals surface area contributed by atoms with Crippen molar-refractivity contribution >= 4 is 21.9 Å². The van der Waals surface area contributed by atoms with E-state index in [0.717, 1.165) is 15.7 Å². The Balaban J connectivity index is 1.68. The number of nitrogens with zero attached hydrogens (tertiary/aromatic N) is 3. The smallest absolute Gasteiger partial charge is 0.343 e. The highest BCUT2D eigenvalue weighted by atomic mass is 79.9. The van der Waals surface area contributed by atoms with Crippen LogP contribution in [0.1, 0.15) is 15.9 Å². The van der Waals surface area contributed by atoms with Gasteiger partial charge in [-0.05, 0) is 55.0 Å². The molecule has 6 heteroatoms. The number of hydrogen-bond acceptors (Lipinski definition) is 4. The molecule has 0 N–H and O–H groups in total. The average Bonchev–Trinajstić information content (AvgIpc) is 3.19. The van der Waals surface area contributed by atoms with E-state index in [4.69, 9.17) is 4.74 Å². The molecule has 138 valence electrons. The monoisotopic (exact) mass is 433 g/mol. The molecule has 0 aliphatic rings. The summed E-state index contributed by atoms with van der Waals surface area (Å²) in [6.07, 6.45) is 1.81. The fourth-order valence-corrected chi connectivity index (χ4v) is 3.18. The van der Waals surface area contributed by atoms with Crippen LogP contribution in [0, 0.1) is 6.92 Å². The van der Waals surface area contributed by atoms with Crippen molar-refractivity contribution in [3.63, 3.8) is 0 Å². The summed E-state index contributed by atoms with van der Waals surface area (Å²) in [7, 11) is 0. The zero-order valence-electron chi connectivity index (χ0n) is 15.0. The van der Waals surface area contributed by atoms with Gasteiger partial charge in [0.1, 0.15) is 11.4 Å². The van der Waals surface area contributed by atoms with E-state index < -0.39 is 5.97 Å². The van der Waals surface area contributed by atoms with Gasteiger partial charge >= 0.3 is 5.97 Å². The van der Waals surface area contributed by atoms with Gasteiger partial charge in [-0.2, -0.15) is 0 Å². The number of rotatable bonds is 4. The van der Waals surface area contributed by atoms with Crippen LogP contribution in [-0.4, -0.2) is 21.0 Å². The van der Waals surface area contributed by atoms with E-state index in [9.17, 15) is 4.79 Å². The molecule has 0 aliphatic heterocycles. The number of halogens is 1. The van der Waals surface area contributed by atoms with Crippen LogP contribution in [0.25, 0.3) is 16.9 Å². The summed E-state index contributed by atoms with van der Waals surface area (Å²) in [5.74, 6) is 0.0435. The molecular formula is C22H16BrN3O2. The third-order valence-electron chi connectivity index (χ3n) is 4.19. The fourth-order valence-electron chi connectivity index (χ4n) is 2.79. The van der Waals surface area contributed by atoms with Crippen LogP contribution < -0.4 is 4.74 Å². The molecule has 3 aromatic carbocycles. The lowest BCUT2D eigenvalue weighted by atomic mass is 10.1. The summed E-state index contributed by atoms with van der Waals surface area (Å²) in [6, 6.07) is 22.3. The Morgan fingerprint density at radius 3 is 2.61 bits per heavy atom. The Kier molecular flexibility index (Phi) is 5.04. The maximum Gasteiger partial charge on any atom is 0.343 e. The van der Waals surface area contributed by atoms with Gasteiger partial charge in [0.05, 0.1) is 17.4 Å². The number of aryl methyl sites for hydroxylation is 1. The molecule has 0 saturated carbocycles. The van der Waals surface area contributed by atoms with Crippen LogP contribution in [0.2, 0.25) is 0 Å². The third kappa shape index (κ3) is 3.87. The topological polar surface area (TPSA) is 57.0 Å². The van der Waals surface area contributed by atoms with Crippen molar-refractivity contribution in [3.05, 3.63) is 94.6 Å². The van der Waals surface area contributed by atoms with Gasteiger partial charge in [0, 0.05) is 10.0 Å². The second-order valence-corrected chi connectivity index (χ2v) is 7.20. The van der Waals surface area contributed by atoms with E-state index in [-0.39, 0.29) is 0 Å². The number of esters is 1. The van der Waals surface area contributed by atoms with Crippen LogP contribution in [0.3, 0.4) is 0 Å². The van der Waals surface area contributed by atoms with E-state index in [0.29, 0.717) is 22.6 Å². The van der Waals surface area contributed by atoms with Gasteiger partial charge in [-0.25, -0.2) is 9.48 Å². The van der Waals surface area contributed by atoms with Crippen LogP contribution in [0.15, 0.2) is 83.5 Å². The number of benzene rings is 3. The highest BCUT2D eigenvalue weighted by Crippen LogP contribution is 2.30. The van der Waals surface area contributed by atoms with E-state index in [1.165, 1.54) is 0 Å². The van der Waals surface area contributed by atoms with Crippen molar-refractivity contribution in [3.8, 4) is 22.7 Å². The first-order valence-electron chi connectivity index (χ1n) is 8.67. The summed E-state index contributed by atoms with van der Waals surface area (Å²) >= 11 is 3.46. The van der Waals surface area contributed by atoms with Gasteiger partial charge in [-0.15, -0.1) is 5.10 Å². The molecule has 0 radical (unpaired) electrons. The van der Waals surface area contributed by atoms with Crippen LogP contribution in [-0.2, 0) is 0 Å². The van der Waals surface area contributed by atoms with Gasteiger partial charge in [0.15, 0.2) is 0 Å². The van der Waals surface area contributed by atoms with Crippen LogP contribution in [0.4, 0.5) is 0 Å². The number of carbonyl (C=O) groups excluding carboxylic acids is 1. The third-order valence-corrected chi connectivity index (χ3v) is 4.68. The van der Waals surface area contributed by atoms with Gasteiger partial charge in [0.2, 0.25) is 0 Å². The molecule has 0 unspecified atom stereocenters. The van der Waals surface area contributed by atoms with Crippen molar-refractivity contribution < 1.29 is 9.53 Å². The molecule has 5 nitrogen and oxygen atoms in total. The first kappa shape index (κ1) is 18.1. The van der Waals surface area contributed by atoms with E-state index in [1.807, 2.05) is 61.7 Å². The molecular weight excluding hydrogens is 418 g/mol. The second kappa shape index (κ2) is 7.78. The molecule has 0 saturated heterocycles. The minimum atomic E-state index is -0.410. The molecule has 1 aromatic heterocycles. The standard InChI is InChI=1S/C22H16BrN3O2/c1-15-10-11-19(21(12-15)28-22(27)16-6-3-2-4-7-16)20-14-26(25-24-20)18-9-5-8-17(23)13-18/h2-14H,1H3. The van der Waals surface area contributed by atoms with Gasteiger partial charge in [-0.1, -0.05) is 51.5 Å². The van der Waals surface area contributed by atoms with Crippen LogP contribution >= 0.6 is 15.9 Å². The van der Waals surface area contributed by atoms with E-state index in [2.05, 4.69) is 26.2 Å². The molecule has 0 fully saturated rings. The Morgan fingerprint density at radius 2 is 1.82 bits per heavy atom. The maximum absolute atomic E-state index is 12.5. The Bertz CT molecular complexity index is 1140. The van der Waals surface area contributed by atoms with Crippen LogP contribution in [0.5, 0.6) is 5.75 Å². The fraction of sp³-hybridized carbons (Fsp3) is 0.0455. The molecule has 0 amide bonds. The Labute approximate surface area is 170 Å². The summed E-state index contributed by atoms with van der Waals surface area (Å²) in [4.78, 5) is 12.5. The number of hydrogen-bond donors (Lipinski definition) is 0. The van der Waals surface area contributed by atoms with E-state index >= 15 is 0 Å². The summed E-state index contributed by atoms with van der Waals surface area (Å²) in [5.41, 5.74) is 3.68. The molecule has 0 spiro atoms. The lowest BCUT2D eigenvalue weighted by molar-refractivity contribution is 0.0735. The summed E-state index contributed by atoms with van der Waals surface area (Å²) < 4.78 is 8.31. The zero-order chi connectivity index (χ0) is 19.5. The number of carbonyl (C=O) groups is 1.